The molecule has 4 nitrogen and oxygen atoms in total. The van der Waals surface area contributed by atoms with Crippen molar-refractivity contribution >= 4 is 10.4 Å². The minimum atomic E-state index is -3.72. The van der Waals surface area contributed by atoms with Gasteiger partial charge in [-0.2, -0.15) is 8.42 Å². The van der Waals surface area contributed by atoms with Crippen LogP contribution in [0, 0.1) is 0 Å². The van der Waals surface area contributed by atoms with Crippen LogP contribution in [0.5, 0.6) is 0 Å². The number of hydrogen-bond donors (Lipinski definition) is 0. The highest BCUT2D eigenvalue weighted by molar-refractivity contribution is 7.81. The molecule has 0 amide bonds. The van der Waals surface area contributed by atoms with Gasteiger partial charge in [0.05, 0.1) is 12.2 Å². The van der Waals surface area contributed by atoms with E-state index in [2.05, 4.69) is 8.37 Å². The highest BCUT2D eigenvalue weighted by Crippen LogP contribution is 2.17. The van der Waals surface area contributed by atoms with E-state index in [1.165, 1.54) is 0 Å². The SMILES string of the molecule is CC1CC[C@@H](C)OS(=O)(=O)O1. The van der Waals surface area contributed by atoms with Crippen molar-refractivity contribution in [2.45, 2.75) is 38.9 Å². The van der Waals surface area contributed by atoms with Crippen molar-refractivity contribution in [3.05, 3.63) is 0 Å². The Morgan fingerprint density at radius 2 is 1.45 bits per heavy atom. The minimum absolute atomic E-state index is 0.259. The van der Waals surface area contributed by atoms with E-state index < -0.39 is 10.4 Å². The zero-order valence-corrected chi connectivity index (χ0v) is 7.43. The van der Waals surface area contributed by atoms with Gasteiger partial charge in [-0.1, -0.05) is 0 Å². The molecule has 0 aliphatic carbocycles. The Kier molecular flexibility index (Phi) is 2.51. The molecule has 0 saturated carbocycles. The second-order valence-electron chi connectivity index (χ2n) is 2.80. The fourth-order valence-corrected chi connectivity index (χ4v) is 2.03. The summed E-state index contributed by atoms with van der Waals surface area (Å²) >= 11 is 0. The lowest BCUT2D eigenvalue weighted by molar-refractivity contribution is 0.177. The largest absolute Gasteiger partial charge is 0.400 e. The van der Waals surface area contributed by atoms with Crippen LogP contribution in [0.3, 0.4) is 0 Å². The lowest BCUT2D eigenvalue weighted by Gasteiger charge is -2.05. The lowest BCUT2D eigenvalue weighted by atomic mass is 10.1. The van der Waals surface area contributed by atoms with Crippen LogP contribution >= 0.6 is 0 Å². The molecule has 0 aromatic heterocycles. The van der Waals surface area contributed by atoms with Gasteiger partial charge in [0.1, 0.15) is 0 Å². The molecule has 0 aromatic rings. The van der Waals surface area contributed by atoms with Crippen molar-refractivity contribution in [1.82, 2.24) is 0 Å². The molecule has 11 heavy (non-hydrogen) atoms. The molecule has 1 fully saturated rings. The van der Waals surface area contributed by atoms with Gasteiger partial charge in [-0.15, -0.1) is 0 Å². The van der Waals surface area contributed by atoms with Crippen molar-refractivity contribution in [2.75, 3.05) is 0 Å². The van der Waals surface area contributed by atoms with E-state index in [9.17, 15) is 8.42 Å². The van der Waals surface area contributed by atoms with Crippen molar-refractivity contribution in [3.8, 4) is 0 Å². The molecule has 66 valence electrons. The molecule has 1 unspecified atom stereocenters. The summed E-state index contributed by atoms with van der Waals surface area (Å²) in [6.07, 6.45) is 0.927. The third-order valence-electron chi connectivity index (χ3n) is 1.54. The lowest BCUT2D eigenvalue weighted by Crippen LogP contribution is -2.15. The zero-order chi connectivity index (χ0) is 8.48. The molecule has 0 bridgehead atoms. The molecule has 1 rings (SSSR count). The first-order valence-corrected chi connectivity index (χ1v) is 4.94. The van der Waals surface area contributed by atoms with Gasteiger partial charge < -0.3 is 0 Å². The average Bonchev–Trinajstić information content (AvgIpc) is 1.89. The van der Waals surface area contributed by atoms with Crippen LogP contribution < -0.4 is 0 Å². The van der Waals surface area contributed by atoms with Crippen LogP contribution in [0.25, 0.3) is 0 Å². The summed E-state index contributed by atoms with van der Waals surface area (Å²) in [6, 6.07) is 0. The van der Waals surface area contributed by atoms with Gasteiger partial charge in [0, 0.05) is 0 Å². The first kappa shape index (κ1) is 8.96. The van der Waals surface area contributed by atoms with Gasteiger partial charge in [0.15, 0.2) is 0 Å². The first-order valence-electron chi connectivity index (χ1n) is 3.61. The van der Waals surface area contributed by atoms with E-state index in [-0.39, 0.29) is 12.2 Å². The van der Waals surface area contributed by atoms with Crippen LogP contribution in [0.2, 0.25) is 0 Å². The van der Waals surface area contributed by atoms with Crippen LogP contribution in [-0.4, -0.2) is 20.6 Å². The van der Waals surface area contributed by atoms with Gasteiger partial charge in [-0.3, -0.25) is 0 Å². The quantitative estimate of drug-likeness (QED) is 0.554. The molecule has 2 atom stereocenters. The maximum absolute atomic E-state index is 10.8. The molecule has 1 aliphatic rings. The Hall–Kier alpha value is -0.130. The van der Waals surface area contributed by atoms with E-state index in [4.69, 9.17) is 0 Å². The van der Waals surface area contributed by atoms with Gasteiger partial charge in [-0.25, -0.2) is 8.37 Å². The second kappa shape index (κ2) is 3.08. The van der Waals surface area contributed by atoms with Gasteiger partial charge in [0.2, 0.25) is 0 Å². The predicted molar refractivity (Wildman–Crippen MR) is 39.2 cm³/mol. The van der Waals surface area contributed by atoms with E-state index >= 15 is 0 Å². The Morgan fingerprint density at radius 1 is 1.09 bits per heavy atom. The third kappa shape index (κ3) is 2.76. The van der Waals surface area contributed by atoms with Gasteiger partial charge in [0.25, 0.3) is 0 Å². The molecular weight excluding hydrogens is 168 g/mol. The zero-order valence-electron chi connectivity index (χ0n) is 6.61. The molecule has 0 N–H and O–H groups in total. The molecule has 1 heterocycles. The van der Waals surface area contributed by atoms with Crippen LogP contribution in [0.15, 0.2) is 0 Å². The van der Waals surface area contributed by atoms with Crippen LogP contribution in [0.1, 0.15) is 26.7 Å². The van der Waals surface area contributed by atoms with E-state index in [1.807, 2.05) is 0 Å². The number of rotatable bonds is 0. The molecular formula is C6H12O4S. The normalized spacial score (nSPS) is 38.0. The maximum Gasteiger partial charge on any atom is 0.400 e. The highest BCUT2D eigenvalue weighted by atomic mass is 32.3. The second-order valence-corrected chi connectivity index (χ2v) is 4.00. The molecule has 0 aromatic carbocycles. The van der Waals surface area contributed by atoms with E-state index in [0.29, 0.717) is 0 Å². The average molecular weight is 180 g/mol. The Balaban J connectivity index is 2.71. The van der Waals surface area contributed by atoms with Crippen LogP contribution in [0.4, 0.5) is 0 Å². The summed E-state index contributed by atoms with van der Waals surface area (Å²) in [4.78, 5) is 0. The topological polar surface area (TPSA) is 52.6 Å². The molecule has 1 aliphatic heterocycles. The monoisotopic (exact) mass is 180 g/mol. The van der Waals surface area contributed by atoms with Crippen molar-refractivity contribution in [3.63, 3.8) is 0 Å². The summed E-state index contributed by atoms with van der Waals surface area (Å²) < 4.78 is 30.9. The smallest absolute Gasteiger partial charge is 0.245 e. The number of hydrogen-bond acceptors (Lipinski definition) is 4. The summed E-state index contributed by atoms with van der Waals surface area (Å²) in [5, 5.41) is 0. The van der Waals surface area contributed by atoms with Gasteiger partial charge >= 0.3 is 10.4 Å². The summed E-state index contributed by atoms with van der Waals surface area (Å²) in [6.45, 7) is 3.44. The van der Waals surface area contributed by atoms with E-state index in [1.54, 1.807) is 13.8 Å². The van der Waals surface area contributed by atoms with Gasteiger partial charge in [-0.05, 0) is 26.7 Å². The minimum Gasteiger partial charge on any atom is -0.245 e. The maximum atomic E-state index is 10.8. The summed E-state index contributed by atoms with van der Waals surface area (Å²) in [7, 11) is -3.72. The Morgan fingerprint density at radius 3 is 1.82 bits per heavy atom. The third-order valence-corrected chi connectivity index (χ3v) is 2.67. The summed E-state index contributed by atoms with van der Waals surface area (Å²) in [5.41, 5.74) is 0. The first-order chi connectivity index (χ1) is 4.99. The van der Waals surface area contributed by atoms with Crippen molar-refractivity contribution in [2.24, 2.45) is 0 Å². The standard InChI is InChI=1S/C6H12O4S/c1-5-3-4-6(2)10-11(7,8)9-5/h5-6H,3-4H2,1-2H3/t5-,6?/m1/s1. The molecule has 1 saturated heterocycles. The molecule has 0 radical (unpaired) electrons. The highest BCUT2D eigenvalue weighted by Gasteiger charge is 2.24. The predicted octanol–water partition coefficient (Wildman–Crippen LogP) is 0.835. The Bertz CT molecular complexity index is 203. The van der Waals surface area contributed by atoms with Crippen molar-refractivity contribution < 1.29 is 16.8 Å². The van der Waals surface area contributed by atoms with E-state index in [0.717, 1.165) is 12.8 Å². The fraction of sp³-hybridized carbons (Fsp3) is 1.00. The van der Waals surface area contributed by atoms with Crippen molar-refractivity contribution in [1.29, 1.82) is 0 Å². The Labute approximate surface area is 66.8 Å². The summed E-state index contributed by atoms with van der Waals surface area (Å²) in [5.74, 6) is 0. The van der Waals surface area contributed by atoms with Crippen LogP contribution in [-0.2, 0) is 18.8 Å². The molecule has 5 heteroatoms. The molecule has 0 spiro atoms. The fourth-order valence-electron chi connectivity index (χ4n) is 0.991.